The van der Waals surface area contributed by atoms with Crippen LogP contribution in [-0.4, -0.2) is 39.1 Å². The van der Waals surface area contributed by atoms with E-state index in [0.29, 0.717) is 0 Å². The number of rotatable bonds is 5. The highest BCUT2D eigenvalue weighted by Crippen LogP contribution is 2.16. The molecule has 1 aromatic carbocycles. The summed E-state index contributed by atoms with van der Waals surface area (Å²) >= 11 is 0. The van der Waals surface area contributed by atoms with Gasteiger partial charge in [-0.2, -0.15) is 8.42 Å². The Bertz CT molecular complexity index is 504. The smallest absolute Gasteiger partial charge is 0.297 e. The highest BCUT2D eigenvalue weighted by Gasteiger charge is 2.21. The minimum absolute atomic E-state index is 0.141. The normalized spacial score (nSPS) is 18.6. The Hall–Kier alpha value is -0.910. The van der Waals surface area contributed by atoms with Gasteiger partial charge in [-0.25, -0.2) is 0 Å². The molecule has 4 nitrogen and oxygen atoms in total. The molecule has 1 atom stereocenters. The first-order chi connectivity index (χ1) is 8.99. The van der Waals surface area contributed by atoms with Crippen LogP contribution in [0, 0.1) is 6.92 Å². The maximum absolute atomic E-state index is 12.0. The Balaban J connectivity index is 1.95. The third-order valence-corrected chi connectivity index (χ3v) is 4.83. The first-order valence-corrected chi connectivity index (χ1v) is 8.10. The molecule has 0 aliphatic carbocycles. The van der Waals surface area contributed by atoms with Gasteiger partial charge in [0, 0.05) is 6.04 Å². The zero-order chi connectivity index (χ0) is 13.9. The van der Waals surface area contributed by atoms with Crippen molar-refractivity contribution in [2.45, 2.75) is 37.6 Å². The molecule has 1 fully saturated rings. The quantitative estimate of drug-likeness (QED) is 0.777. The first-order valence-electron chi connectivity index (χ1n) is 6.69. The molecule has 0 amide bonds. The third-order valence-electron chi connectivity index (χ3n) is 3.54. The van der Waals surface area contributed by atoms with Crippen LogP contribution in [0.15, 0.2) is 29.2 Å². The van der Waals surface area contributed by atoms with Gasteiger partial charge in [0.05, 0.1) is 11.5 Å². The fourth-order valence-electron chi connectivity index (χ4n) is 2.25. The van der Waals surface area contributed by atoms with Crippen molar-refractivity contribution in [2.75, 3.05) is 19.7 Å². The van der Waals surface area contributed by atoms with E-state index in [1.165, 1.54) is 12.8 Å². The largest absolute Gasteiger partial charge is 0.298 e. The Morgan fingerprint density at radius 1 is 1.21 bits per heavy atom. The zero-order valence-corrected chi connectivity index (χ0v) is 12.3. The maximum Gasteiger partial charge on any atom is 0.297 e. The van der Waals surface area contributed by atoms with Crippen molar-refractivity contribution >= 4 is 10.1 Å². The predicted molar refractivity (Wildman–Crippen MR) is 74.6 cm³/mol. The fourth-order valence-corrected chi connectivity index (χ4v) is 3.23. The van der Waals surface area contributed by atoms with Crippen molar-refractivity contribution in [3.63, 3.8) is 0 Å². The number of nitrogens with zero attached hydrogens (tertiary/aromatic N) is 1. The van der Waals surface area contributed by atoms with Crippen molar-refractivity contribution in [1.82, 2.24) is 4.90 Å². The molecular weight excluding hydrogens is 262 g/mol. The zero-order valence-electron chi connectivity index (χ0n) is 11.5. The summed E-state index contributed by atoms with van der Waals surface area (Å²) in [5.41, 5.74) is 1.03. The monoisotopic (exact) mass is 283 g/mol. The Morgan fingerprint density at radius 3 is 2.37 bits per heavy atom. The molecule has 1 aromatic rings. The van der Waals surface area contributed by atoms with E-state index in [9.17, 15) is 8.42 Å². The van der Waals surface area contributed by atoms with E-state index in [-0.39, 0.29) is 17.5 Å². The third kappa shape index (κ3) is 3.78. The van der Waals surface area contributed by atoms with Gasteiger partial charge in [0.2, 0.25) is 0 Å². The Labute approximate surface area is 115 Å². The molecule has 0 N–H and O–H groups in total. The second-order valence-electron chi connectivity index (χ2n) is 5.14. The van der Waals surface area contributed by atoms with Gasteiger partial charge in [-0.1, -0.05) is 17.7 Å². The van der Waals surface area contributed by atoms with Crippen LogP contribution in [0.2, 0.25) is 0 Å². The van der Waals surface area contributed by atoms with Gasteiger partial charge < -0.3 is 0 Å². The molecular formula is C14H21NO3S. The number of aryl methyl sites for hydroxylation is 1. The predicted octanol–water partition coefficient (Wildman–Crippen LogP) is 2.18. The summed E-state index contributed by atoms with van der Waals surface area (Å²) in [5.74, 6) is 0. The Kier molecular flexibility index (Phi) is 4.60. The van der Waals surface area contributed by atoms with Crippen molar-refractivity contribution in [1.29, 1.82) is 0 Å². The van der Waals surface area contributed by atoms with Gasteiger partial charge in [-0.05, 0) is 51.9 Å². The van der Waals surface area contributed by atoms with Crippen LogP contribution < -0.4 is 0 Å². The lowest BCUT2D eigenvalue weighted by molar-refractivity contribution is 0.176. The minimum Gasteiger partial charge on any atom is -0.298 e. The van der Waals surface area contributed by atoms with Gasteiger partial charge in [0.1, 0.15) is 0 Å². The van der Waals surface area contributed by atoms with Crippen LogP contribution in [0.3, 0.4) is 0 Å². The molecule has 1 aliphatic rings. The molecule has 5 heteroatoms. The molecule has 1 saturated heterocycles. The number of hydrogen-bond donors (Lipinski definition) is 0. The molecule has 1 aliphatic heterocycles. The van der Waals surface area contributed by atoms with Crippen LogP contribution in [0.25, 0.3) is 0 Å². The lowest BCUT2D eigenvalue weighted by Crippen LogP contribution is -2.34. The van der Waals surface area contributed by atoms with Gasteiger partial charge in [-0.3, -0.25) is 9.08 Å². The second-order valence-corrected chi connectivity index (χ2v) is 6.76. The van der Waals surface area contributed by atoms with Crippen LogP contribution in [0.5, 0.6) is 0 Å². The van der Waals surface area contributed by atoms with E-state index < -0.39 is 10.1 Å². The van der Waals surface area contributed by atoms with E-state index in [0.717, 1.165) is 18.7 Å². The van der Waals surface area contributed by atoms with Crippen molar-refractivity contribution in [3.8, 4) is 0 Å². The second kappa shape index (κ2) is 6.03. The van der Waals surface area contributed by atoms with Crippen molar-refractivity contribution in [2.24, 2.45) is 0 Å². The van der Waals surface area contributed by atoms with E-state index >= 15 is 0 Å². The van der Waals surface area contributed by atoms with Crippen LogP contribution in [0.4, 0.5) is 0 Å². The maximum atomic E-state index is 12.0. The lowest BCUT2D eigenvalue weighted by atomic mass is 10.2. The standard InChI is InChI=1S/C14H21NO3S/c1-12-5-7-14(8-6-12)19(16,17)18-11-13(2)15-9-3-4-10-15/h5-8,13H,3-4,9-11H2,1-2H3. The van der Waals surface area contributed by atoms with E-state index in [1.54, 1.807) is 24.3 Å². The number of likely N-dealkylation sites (tertiary alicyclic amines) is 1. The molecule has 0 spiro atoms. The number of hydrogen-bond acceptors (Lipinski definition) is 4. The summed E-state index contributed by atoms with van der Waals surface area (Å²) in [6, 6.07) is 6.87. The molecule has 0 bridgehead atoms. The highest BCUT2D eigenvalue weighted by atomic mass is 32.2. The van der Waals surface area contributed by atoms with Crippen LogP contribution in [0.1, 0.15) is 25.3 Å². The fraction of sp³-hybridized carbons (Fsp3) is 0.571. The average Bonchev–Trinajstić information content (AvgIpc) is 2.90. The van der Waals surface area contributed by atoms with E-state index in [2.05, 4.69) is 4.90 Å². The molecule has 2 rings (SSSR count). The number of benzene rings is 1. The van der Waals surface area contributed by atoms with Crippen molar-refractivity contribution < 1.29 is 12.6 Å². The van der Waals surface area contributed by atoms with Gasteiger partial charge in [0.15, 0.2) is 0 Å². The molecule has 106 valence electrons. The molecule has 0 radical (unpaired) electrons. The molecule has 0 aromatic heterocycles. The average molecular weight is 283 g/mol. The molecule has 19 heavy (non-hydrogen) atoms. The van der Waals surface area contributed by atoms with Gasteiger partial charge >= 0.3 is 0 Å². The Morgan fingerprint density at radius 2 is 1.79 bits per heavy atom. The highest BCUT2D eigenvalue weighted by molar-refractivity contribution is 7.86. The van der Waals surface area contributed by atoms with Crippen LogP contribution in [-0.2, 0) is 14.3 Å². The molecule has 0 saturated carbocycles. The molecule has 1 heterocycles. The summed E-state index contributed by atoms with van der Waals surface area (Å²) in [5, 5.41) is 0. The van der Waals surface area contributed by atoms with Gasteiger partial charge in [-0.15, -0.1) is 0 Å². The summed E-state index contributed by atoms with van der Waals surface area (Å²) in [6.07, 6.45) is 2.38. The lowest BCUT2D eigenvalue weighted by Gasteiger charge is -2.23. The summed E-state index contributed by atoms with van der Waals surface area (Å²) in [4.78, 5) is 2.50. The van der Waals surface area contributed by atoms with E-state index in [1.807, 2.05) is 13.8 Å². The summed E-state index contributed by atoms with van der Waals surface area (Å²) in [6.45, 7) is 6.23. The molecule has 1 unspecified atom stereocenters. The van der Waals surface area contributed by atoms with E-state index in [4.69, 9.17) is 4.18 Å². The topological polar surface area (TPSA) is 46.6 Å². The summed E-state index contributed by atoms with van der Waals surface area (Å²) < 4.78 is 29.2. The first kappa shape index (κ1) is 14.5. The van der Waals surface area contributed by atoms with Crippen molar-refractivity contribution in [3.05, 3.63) is 29.8 Å². The summed E-state index contributed by atoms with van der Waals surface area (Å²) in [7, 11) is -3.63. The van der Waals surface area contributed by atoms with Crippen LogP contribution >= 0.6 is 0 Å². The van der Waals surface area contributed by atoms with Gasteiger partial charge in [0.25, 0.3) is 10.1 Å². The SMILES string of the molecule is Cc1ccc(S(=O)(=O)OCC(C)N2CCCC2)cc1. The minimum atomic E-state index is -3.63.